The maximum atomic E-state index is 13.1. The van der Waals surface area contributed by atoms with E-state index in [0.717, 1.165) is 38.8 Å². The Morgan fingerprint density at radius 2 is 1.97 bits per heavy atom. The van der Waals surface area contributed by atoms with E-state index in [0.29, 0.717) is 17.4 Å². The third kappa shape index (κ3) is 3.17. The Bertz CT molecular complexity index is 809. The molecule has 2 aliphatic carbocycles. The molecule has 7 heteroatoms. The average molecular weight is 398 g/mol. The van der Waals surface area contributed by atoms with Crippen LogP contribution >= 0.6 is 0 Å². The first-order chi connectivity index (χ1) is 13.7. The predicted octanol–water partition coefficient (Wildman–Crippen LogP) is 3.71. The SMILES string of the molecule is CC1(C)OB(C23CCN(C(=O)c4ccnc(OC5CCC5)c4)CC2C3)OC1(C)C. The van der Waals surface area contributed by atoms with E-state index in [9.17, 15) is 4.79 Å². The number of rotatable bonds is 4. The summed E-state index contributed by atoms with van der Waals surface area (Å²) in [6, 6.07) is 3.59. The van der Waals surface area contributed by atoms with Crippen LogP contribution in [-0.4, -0.2) is 53.3 Å². The number of amides is 1. The van der Waals surface area contributed by atoms with Gasteiger partial charge in [-0.05, 0) is 71.8 Å². The van der Waals surface area contributed by atoms with Gasteiger partial charge in [0.1, 0.15) is 6.10 Å². The van der Waals surface area contributed by atoms with E-state index in [4.69, 9.17) is 14.0 Å². The Balaban J connectivity index is 1.24. The van der Waals surface area contributed by atoms with Gasteiger partial charge in [0.05, 0.1) is 11.2 Å². The number of ether oxygens (including phenoxy) is 1. The minimum Gasteiger partial charge on any atom is -0.474 e. The summed E-state index contributed by atoms with van der Waals surface area (Å²) < 4.78 is 18.6. The maximum Gasteiger partial charge on any atom is 0.464 e. The molecule has 4 aliphatic rings. The van der Waals surface area contributed by atoms with Crippen LogP contribution in [0.2, 0.25) is 5.31 Å². The molecule has 1 aromatic heterocycles. The summed E-state index contributed by atoms with van der Waals surface area (Å²) in [6.07, 6.45) is 7.30. The summed E-state index contributed by atoms with van der Waals surface area (Å²) in [4.78, 5) is 19.3. The molecule has 5 rings (SSSR count). The van der Waals surface area contributed by atoms with Crippen LogP contribution in [0.4, 0.5) is 0 Å². The van der Waals surface area contributed by atoms with Gasteiger partial charge in [0, 0.05) is 36.2 Å². The van der Waals surface area contributed by atoms with Gasteiger partial charge in [0.2, 0.25) is 5.88 Å². The van der Waals surface area contributed by atoms with Crippen molar-refractivity contribution < 1.29 is 18.8 Å². The van der Waals surface area contributed by atoms with Crippen LogP contribution < -0.4 is 4.74 Å². The highest BCUT2D eigenvalue weighted by molar-refractivity contribution is 6.51. The van der Waals surface area contributed by atoms with Crippen molar-refractivity contribution in [1.29, 1.82) is 0 Å². The molecule has 0 bridgehead atoms. The van der Waals surface area contributed by atoms with Crippen LogP contribution in [-0.2, 0) is 9.31 Å². The Hall–Kier alpha value is -1.60. The molecule has 0 aromatic carbocycles. The van der Waals surface area contributed by atoms with E-state index in [1.54, 1.807) is 18.3 Å². The van der Waals surface area contributed by atoms with Gasteiger partial charge < -0.3 is 18.9 Å². The number of likely N-dealkylation sites (tertiary alicyclic amines) is 1. The summed E-state index contributed by atoms with van der Waals surface area (Å²) in [5.41, 5.74) is 0.0546. The second-order valence-corrected chi connectivity index (χ2v) is 10.3. The normalized spacial score (nSPS) is 32.5. The highest BCUT2D eigenvalue weighted by Gasteiger charge is 2.70. The first-order valence-electron chi connectivity index (χ1n) is 11.0. The maximum absolute atomic E-state index is 13.1. The highest BCUT2D eigenvalue weighted by Crippen LogP contribution is 2.69. The van der Waals surface area contributed by atoms with Crippen LogP contribution in [0.5, 0.6) is 5.88 Å². The van der Waals surface area contributed by atoms with Crippen molar-refractivity contribution in [2.24, 2.45) is 5.92 Å². The first-order valence-corrected chi connectivity index (χ1v) is 11.0. The Kier molecular flexibility index (Phi) is 4.31. The number of hydrogen-bond donors (Lipinski definition) is 0. The van der Waals surface area contributed by atoms with Gasteiger partial charge in [-0.3, -0.25) is 4.79 Å². The fourth-order valence-electron chi connectivity index (χ4n) is 4.77. The molecule has 0 spiro atoms. The van der Waals surface area contributed by atoms with Crippen molar-refractivity contribution in [1.82, 2.24) is 9.88 Å². The zero-order chi connectivity index (χ0) is 20.4. The molecule has 2 aliphatic heterocycles. The molecule has 2 saturated heterocycles. The third-order valence-corrected chi connectivity index (χ3v) is 7.90. The number of hydrogen-bond acceptors (Lipinski definition) is 5. The number of carbonyl (C=O) groups is 1. The molecule has 0 radical (unpaired) electrons. The molecule has 4 fully saturated rings. The van der Waals surface area contributed by atoms with Crippen molar-refractivity contribution >= 4 is 13.0 Å². The fourth-order valence-corrected chi connectivity index (χ4v) is 4.77. The quantitative estimate of drug-likeness (QED) is 0.724. The lowest BCUT2D eigenvalue weighted by molar-refractivity contribution is 0.00578. The minimum atomic E-state index is -0.305. The van der Waals surface area contributed by atoms with E-state index in [2.05, 4.69) is 32.7 Å². The van der Waals surface area contributed by atoms with Crippen molar-refractivity contribution in [3.05, 3.63) is 23.9 Å². The van der Waals surface area contributed by atoms with Crippen molar-refractivity contribution in [2.75, 3.05) is 13.1 Å². The topological polar surface area (TPSA) is 60.9 Å². The smallest absolute Gasteiger partial charge is 0.464 e. The largest absolute Gasteiger partial charge is 0.474 e. The molecule has 6 nitrogen and oxygen atoms in total. The lowest BCUT2D eigenvalue weighted by Crippen LogP contribution is -2.42. The third-order valence-electron chi connectivity index (χ3n) is 7.90. The summed E-state index contributed by atoms with van der Waals surface area (Å²) in [5.74, 6) is 1.08. The molecular weight excluding hydrogens is 367 g/mol. The molecule has 2 saturated carbocycles. The number of piperidine rings is 1. The van der Waals surface area contributed by atoms with Gasteiger partial charge in [-0.2, -0.15) is 0 Å². The molecule has 1 aromatic rings. The molecule has 2 unspecified atom stereocenters. The van der Waals surface area contributed by atoms with Gasteiger partial charge >= 0.3 is 7.12 Å². The lowest BCUT2D eigenvalue weighted by atomic mass is 9.63. The van der Waals surface area contributed by atoms with Crippen molar-refractivity contribution in [3.8, 4) is 5.88 Å². The van der Waals surface area contributed by atoms with Crippen LogP contribution in [0.3, 0.4) is 0 Å². The molecule has 156 valence electrons. The second-order valence-electron chi connectivity index (χ2n) is 10.3. The first kappa shape index (κ1) is 19.4. The van der Waals surface area contributed by atoms with Crippen LogP contribution in [0.1, 0.15) is 70.2 Å². The van der Waals surface area contributed by atoms with E-state index in [1.165, 1.54) is 6.42 Å². The summed E-state index contributed by atoms with van der Waals surface area (Å²) in [5, 5.41) is 0.0680. The van der Waals surface area contributed by atoms with Crippen molar-refractivity contribution in [3.63, 3.8) is 0 Å². The molecule has 2 atom stereocenters. The zero-order valence-electron chi connectivity index (χ0n) is 17.9. The van der Waals surface area contributed by atoms with Crippen LogP contribution in [0, 0.1) is 5.92 Å². The Labute approximate surface area is 173 Å². The molecular formula is C22H31BN2O4. The number of pyridine rings is 1. The molecule has 1 amide bonds. The average Bonchev–Trinajstić information content (AvgIpc) is 3.33. The van der Waals surface area contributed by atoms with E-state index in [-0.39, 0.29) is 35.6 Å². The van der Waals surface area contributed by atoms with Crippen LogP contribution in [0.15, 0.2) is 18.3 Å². The lowest BCUT2D eigenvalue weighted by Gasteiger charge is -2.32. The van der Waals surface area contributed by atoms with Crippen molar-refractivity contribution in [2.45, 2.75) is 82.4 Å². The summed E-state index contributed by atoms with van der Waals surface area (Å²) in [6.45, 7) is 9.92. The number of carbonyl (C=O) groups excluding carboxylic acids is 1. The summed E-state index contributed by atoms with van der Waals surface area (Å²) >= 11 is 0. The van der Waals surface area contributed by atoms with E-state index >= 15 is 0 Å². The fraction of sp³-hybridized carbons (Fsp3) is 0.727. The predicted molar refractivity (Wildman–Crippen MR) is 110 cm³/mol. The summed E-state index contributed by atoms with van der Waals surface area (Å²) in [7, 11) is -0.168. The van der Waals surface area contributed by atoms with Gasteiger partial charge in [0.15, 0.2) is 0 Å². The minimum absolute atomic E-state index is 0.0680. The molecule has 29 heavy (non-hydrogen) atoms. The van der Waals surface area contributed by atoms with Crippen LogP contribution in [0.25, 0.3) is 0 Å². The highest BCUT2D eigenvalue weighted by atomic mass is 16.7. The zero-order valence-corrected chi connectivity index (χ0v) is 17.9. The Morgan fingerprint density at radius 3 is 2.59 bits per heavy atom. The number of nitrogens with zero attached hydrogens (tertiary/aromatic N) is 2. The molecule has 0 N–H and O–H groups in total. The van der Waals surface area contributed by atoms with Gasteiger partial charge in [-0.1, -0.05) is 0 Å². The second kappa shape index (κ2) is 6.45. The Morgan fingerprint density at radius 1 is 1.24 bits per heavy atom. The van der Waals surface area contributed by atoms with E-state index in [1.807, 2.05) is 4.90 Å². The van der Waals surface area contributed by atoms with E-state index < -0.39 is 0 Å². The van der Waals surface area contributed by atoms with Gasteiger partial charge in [-0.15, -0.1) is 0 Å². The van der Waals surface area contributed by atoms with Gasteiger partial charge in [0.25, 0.3) is 5.91 Å². The monoisotopic (exact) mass is 398 g/mol. The number of aromatic nitrogens is 1. The number of fused-ring (bicyclic) bond motifs is 1. The standard InChI is InChI=1S/C22H31BN2O4/c1-20(2)21(3,4)29-23(28-20)22-9-11-25(14-16(22)13-22)19(26)15-8-10-24-18(12-15)27-17-6-5-7-17/h8,10,12,16-17H,5-7,9,11,13-14H2,1-4H3. The molecule has 3 heterocycles. The van der Waals surface area contributed by atoms with Gasteiger partial charge in [-0.25, -0.2) is 4.98 Å².